The first-order valence-electron chi connectivity index (χ1n) is 8.36. The first kappa shape index (κ1) is 18.4. The number of rotatable bonds is 6. The number of nitrogens with zero attached hydrogens (tertiary/aromatic N) is 2. The Morgan fingerprint density at radius 2 is 2.17 bits per heavy atom. The van der Waals surface area contributed by atoms with Gasteiger partial charge in [-0.25, -0.2) is 4.39 Å². The highest BCUT2D eigenvalue weighted by molar-refractivity contribution is 5.87. The second-order valence-corrected chi connectivity index (χ2v) is 6.62. The molecule has 0 spiro atoms. The van der Waals surface area contributed by atoms with Gasteiger partial charge in [-0.15, -0.1) is 0 Å². The Balaban J connectivity index is 1.89. The molecule has 1 N–H and O–H groups in total. The first-order valence-corrected chi connectivity index (χ1v) is 8.36. The van der Waals surface area contributed by atoms with Gasteiger partial charge >= 0.3 is 0 Å². The van der Waals surface area contributed by atoms with Crippen LogP contribution in [0.5, 0.6) is 0 Å². The molecule has 0 bridgehead atoms. The van der Waals surface area contributed by atoms with E-state index in [4.69, 9.17) is 0 Å². The van der Waals surface area contributed by atoms with Gasteiger partial charge in [-0.3, -0.25) is 14.5 Å². The number of halogens is 1. The van der Waals surface area contributed by atoms with E-state index in [0.717, 1.165) is 31.4 Å². The van der Waals surface area contributed by atoms with E-state index >= 15 is 0 Å². The number of amides is 2. The molecule has 1 fully saturated rings. The molecule has 0 saturated carbocycles. The number of hydrogen-bond acceptors (Lipinski definition) is 3. The maximum absolute atomic E-state index is 13.3. The number of benzene rings is 1. The summed E-state index contributed by atoms with van der Waals surface area (Å²) in [5, 5.41) is 2.75. The SMILES string of the molecule is CC(NC(=O)CN1CCCC1Cc1cccc(F)c1)C(=O)N(C)C. The highest BCUT2D eigenvalue weighted by atomic mass is 19.1. The van der Waals surface area contributed by atoms with Crippen molar-refractivity contribution < 1.29 is 14.0 Å². The summed E-state index contributed by atoms with van der Waals surface area (Å²) in [6.07, 6.45) is 2.76. The summed E-state index contributed by atoms with van der Waals surface area (Å²) in [5.74, 6) is -0.504. The van der Waals surface area contributed by atoms with Crippen LogP contribution < -0.4 is 5.32 Å². The summed E-state index contributed by atoms with van der Waals surface area (Å²) < 4.78 is 13.3. The molecule has 2 unspecified atom stereocenters. The lowest BCUT2D eigenvalue weighted by Gasteiger charge is -2.25. The molecule has 6 heteroatoms. The predicted octanol–water partition coefficient (Wildman–Crippen LogP) is 1.43. The van der Waals surface area contributed by atoms with Crippen LogP contribution in [0.2, 0.25) is 0 Å². The lowest BCUT2D eigenvalue weighted by Crippen LogP contribution is -2.48. The number of likely N-dealkylation sites (N-methyl/N-ethyl adjacent to an activating group) is 1. The maximum Gasteiger partial charge on any atom is 0.244 e. The zero-order valence-corrected chi connectivity index (χ0v) is 14.6. The Bertz CT molecular complexity index is 591. The predicted molar refractivity (Wildman–Crippen MR) is 91.0 cm³/mol. The fraction of sp³-hybridized carbons (Fsp3) is 0.556. The fourth-order valence-corrected chi connectivity index (χ4v) is 3.19. The van der Waals surface area contributed by atoms with Gasteiger partial charge in [0.1, 0.15) is 11.9 Å². The van der Waals surface area contributed by atoms with Gasteiger partial charge < -0.3 is 10.2 Å². The molecule has 0 radical (unpaired) electrons. The molecular weight excluding hydrogens is 309 g/mol. The quantitative estimate of drug-likeness (QED) is 0.856. The largest absolute Gasteiger partial charge is 0.347 e. The molecule has 5 nitrogen and oxygen atoms in total. The van der Waals surface area contributed by atoms with E-state index in [2.05, 4.69) is 10.2 Å². The molecule has 2 atom stereocenters. The van der Waals surface area contributed by atoms with Crippen molar-refractivity contribution in [2.75, 3.05) is 27.2 Å². The van der Waals surface area contributed by atoms with Crippen molar-refractivity contribution in [1.82, 2.24) is 15.1 Å². The second-order valence-electron chi connectivity index (χ2n) is 6.62. The Morgan fingerprint density at radius 3 is 2.83 bits per heavy atom. The first-order chi connectivity index (χ1) is 11.4. The van der Waals surface area contributed by atoms with Gasteiger partial charge in [-0.1, -0.05) is 12.1 Å². The van der Waals surface area contributed by atoms with Gasteiger partial charge in [0.25, 0.3) is 0 Å². The zero-order chi connectivity index (χ0) is 17.7. The minimum absolute atomic E-state index is 0.124. The van der Waals surface area contributed by atoms with E-state index < -0.39 is 6.04 Å². The maximum atomic E-state index is 13.3. The standard InChI is InChI=1S/C18H26FN3O2/c1-13(18(24)21(2)3)20-17(23)12-22-9-5-8-16(22)11-14-6-4-7-15(19)10-14/h4,6-7,10,13,16H,5,8-9,11-12H2,1-3H3,(H,20,23). The van der Waals surface area contributed by atoms with E-state index in [1.807, 2.05) is 6.07 Å². The average Bonchev–Trinajstić information content (AvgIpc) is 2.93. The lowest BCUT2D eigenvalue weighted by molar-refractivity contribution is -0.134. The molecule has 1 saturated heterocycles. The van der Waals surface area contributed by atoms with Crippen molar-refractivity contribution in [2.24, 2.45) is 0 Å². The average molecular weight is 335 g/mol. The third kappa shape index (κ3) is 5.03. The highest BCUT2D eigenvalue weighted by Gasteiger charge is 2.27. The van der Waals surface area contributed by atoms with Gasteiger partial charge in [0.2, 0.25) is 11.8 Å². The molecule has 2 amide bonds. The van der Waals surface area contributed by atoms with Gasteiger partial charge in [0.05, 0.1) is 6.54 Å². The minimum atomic E-state index is -0.531. The van der Waals surface area contributed by atoms with Gasteiger partial charge in [0.15, 0.2) is 0 Å². The zero-order valence-electron chi connectivity index (χ0n) is 14.6. The topological polar surface area (TPSA) is 52.7 Å². The van der Waals surface area contributed by atoms with E-state index in [1.54, 1.807) is 33.2 Å². The summed E-state index contributed by atoms with van der Waals surface area (Å²) in [6.45, 7) is 2.81. The minimum Gasteiger partial charge on any atom is -0.347 e. The lowest BCUT2D eigenvalue weighted by atomic mass is 10.0. The molecule has 1 aliphatic rings. The van der Waals surface area contributed by atoms with Crippen LogP contribution in [0.3, 0.4) is 0 Å². The van der Waals surface area contributed by atoms with Crippen molar-refractivity contribution in [3.63, 3.8) is 0 Å². The highest BCUT2D eigenvalue weighted by Crippen LogP contribution is 2.21. The molecule has 132 valence electrons. The Kier molecular flexibility index (Phi) is 6.31. The molecular formula is C18H26FN3O2. The second kappa shape index (κ2) is 8.24. The van der Waals surface area contributed by atoms with Crippen LogP contribution in [-0.2, 0) is 16.0 Å². The van der Waals surface area contributed by atoms with Crippen molar-refractivity contribution in [1.29, 1.82) is 0 Å². The number of likely N-dealkylation sites (tertiary alicyclic amines) is 1. The van der Waals surface area contributed by atoms with Gasteiger partial charge in [-0.05, 0) is 50.4 Å². The molecule has 24 heavy (non-hydrogen) atoms. The van der Waals surface area contributed by atoms with Crippen LogP contribution >= 0.6 is 0 Å². The van der Waals surface area contributed by atoms with E-state index in [0.29, 0.717) is 0 Å². The number of nitrogens with one attached hydrogen (secondary N) is 1. The molecule has 0 aromatic heterocycles. The summed E-state index contributed by atoms with van der Waals surface area (Å²) in [4.78, 5) is 27.6. The molecule has 1 aromatic carbocycles. The van der Waals surface area contributed by atoms with E-state index in [1.165, 1.54) is 11.0 Å². The van der Waals surface area contributed by atoms with Crippen molar-refractivity contribution in [3.8, 4) is 0 Å². The Hall–Kier alpha value is -1.95. The number of carbonyl (C=O) groups excluding carboxylic acids is 2. The Labute approximate surface area is 142 Å². The fourth-order valence-electron chi connectivity index (χ4n) is 3.19. The number of hydrogen-bond donors (Lipinski definition) is 1. The van der Waals surface area contributed by atoms with Crippen LogP contribution in [0.1, 0.15) is 25.3 Å². The molecule has 1 aromatic rings. The monoisotopic (exact) mass is 335 g/mol. The van der Waals surface area contributed by atoms with Crippen molar-refractivity contribution in [3.05, 3.63) is 35.6 Å². The van der Waals surface area contributed by atoms with Crippen LogP contribution in [0.25, 0.3) is 0 Å². The Morgan fingerprint density at radius 1 is 1.42 bits per heavy atom. The van der Waals surface area contributed by atoms with Crippen LogP contribution in [0, 0.1) is 5.82 Å². The third-order valence-corrected chi connectivity index (χ3v) is 4.39. The van der Waals surface area contributed by atoms with Crippen LogP contribution in [0.15, 0.2) is 24.3 Å². The van der Waals surface area contributed by atoms with E-state index in [9.17, 15) is 14.0 Å². The summed E-state index contributed by atoms with van der Waals surface area (Å²) >= 11 is 0. The molecule has 1 aliphatic heterocycles. The van der Waals surface area contributed by atoms with Gasteiger partial charge in [0, 0.05) is 20.1 Å². The van der Waals surface area contributed by atoms with Crippen LogP contribution in [0.4, 0.5) is 4.39 Å². The normalized spacial score (nSPS) is 19.1. The van der Waals surface area contributed by atoms with E-state index in [-0.39, 0.29) is 30.2 Å². The van der Waals surface area contributed by atoms with Crippen LogP contribution in [-0.4, -0.2) is 60.9 Å². The summed E-state index contributed by atoms with van der Waals surface area (Å²) in [7, 11) is 3.33. The molecule has 1 heterocycles. The number of carbonyl (C=O) groups is 2. The van der Waals surface area contributed by atoms with Gasteiger partial charge in [-0.2, -0.15) is 0 Å². The third-order valence-electron chi connectivity index (χ3n) is 4.39. The summed E-state index contributed by atoms with van der Waals surface area (Å²) in [6, 6.07) is 6.32. The van der Waals surface area contributed by atoms with Crippen molar-refractivity contribution in [2.45, 2.75) is 38.3 Å². The smallest absolute Gasteiger partial charge is 0.244 e. The molecule has 0 aliphatic carbocycles. The molecule has 2 rings (SSSR count). The van der Waals surface area contributed by atoms with Crippen molar-refractivity contribution >= 4 is 11.8 Å². The summed E-state index contributed by atoms with van der Waals surface area (Å²) in [5.41, 5.74) is 0.948.